The van der Waals surface area contributed by atoms with Crippen molar-refractivity contribution in [1.82, 2.24) is 15.1 Å². The molecule has 1 amide bonds. The third kappa shape index (κ3) is 5.19. The summed E-state index contributed by atoms with van der Waals surface area (Å²) in [4.78, 5) is 18.1. The van der Waals surface area contributed by atoms with E-state index in [0.29, 0.717) is 23.1 Å². The van der Waals surface area contributed by atoms with E-state index in [4.69, 9.17) is 9.47 Å². The van der Waals surface area contributed by atoms with Crippen molar-refractivity contribution in [2.45, 2.75) is 38.1 Å². The molecule has 0 aliphatic carbocycles. The molecular formula is C29H37N3O3. The fourth-order valence-corrected chi connectivity index (χ4v) is 6.67. The number of rotatable bonds is 7. The van der Waals surface area contributed by atoms with Crippen LogP contribution < -0.4 is 14.8 Å². The number of ether oxygens (including phenoxy) is 2. The van der Waals surface area contributed by atoms with Gasteiger partial charge in [-0.25, -0.2) is 0 Å². The van der Waals surface area contributed by atoms with E-state index < -0.39 is 0 Å². The number of amides is 1. The molecule has 4 saturated heterocycles. The Balaban J connectivity index is 0.956. The zero-order valence-corrected chi connectivity index (χ0v) is 20.5. The van der Waals surface area contributed by atoms with E-state index in [1.54, 1.807) is 6.07 Å². The topological polar surface area (TPSA) is 54.0 Å². The van der Waals surface area contributed by atoms with Gasteiger partial charge in [0.2, 0.25) is 6.79 Å². The van der Waals surface area contributed by atoms with E-state index in [1.807, 2.05) is 12.1 Å². The van der Waals surface area contributed by atoms with Gasteiger partial charge in [-0.15, -0.1) is 0 Å². The molecule has 5 aliphatic rings. The second-order valence-corrected chi connectivity index (χ2v) is 10.9. The van der Waals surface area contributed by atoms with Crippen molar-refractivity contribution in [3.63, 3.8) is 0 Å². The Morgan fingerprint density at radius 1 is 0.971 bits per heavy atom. The molecule has 7 rings (SSSR count). The monoisotopic (exact) mass is 475 g/mol. The molecule has 2 unspecified atom stereocenters. The number of carbonyl (C=O) groups excluding carboxylic acids is 1. The van der Waals surface area contributed by atoms with Gasteiger partial charge in [-0.2, -0.15) is 0 Å². The quantitative estimate of drug-likeness (QED) is 0.660. The van der Waals surface area contributed by atoms with Crippen molar-refractivity contribution in [2.75, 3.05) is 46.1 Å². The first-order chi connectivity index (χ1) is 17.2. The van der Waals surface area contributed by atoms with Crippen LogP contribution in [0.4, 0.5) is 0 Å². The summed E-state index contributed by atoms with van der Waals surface area (Å²) in [6, 6.07) is 16.8. The molecule has 2 aromatic carbocycles. The lowest BCUT2D eigenvalue weighted by Gasteiger charge is -2.51. The highest BCUT2D eigenvalue weighted by Crippen LogP contribution is 2.37. The molecule has 4 atom stereocenters. The van der Waals surface area contributed by atoms with Gasteiger partial charge in [0.05, 0.1) is 0 Å². The molecule has 5 aliphatic heterocycles. The third-order valence-corrected chi connectivity index (χ3v) is 8.71. The van der Waals surface area contributed by atoms with Gasteiger partial charge in [0, 0.05) is 31.2 Å². The zero-order chi connectivity index (χ0) is 23.6. The fraction of sp³-hybridized carbons (Fsp3) is 0.552. The van der Waals surface area contributed by atoms with Gasteiger partial charge in [-0.05, 0) is 93.3 Å². The molecule has 0 radical (unpaired) electrons. The Morgan fingerprint density at radius 2 is 1.80 bits per heavy atom. The van der Waals surface area contributed by atoms with Crippen molar-refractivity contribution in [3.05, 3.63) is 59.7 Å². The lowest BCUT2D eigenvalue weighted by Crippen LogP contribution is -2.58. The number of carbonyl (C=O) groups is 1. The van der Waals surface area contributed by atoms with Gasteiger partial charge in [-0.1, -0.05) is 30.3 Å². The number of nitrogens with zero attached hydrogens (tertiary/aromatic N) is 2. The van der Waals surface area contributed by atoms with Crippen LogP contribution in [0.25, 0.3) is 0 Å². The van der Waals surface area contributed by atoms with Gasteiger partial charge in [-0.3, -0.25) is 9.69 Å². The molecule has 35 heavy (non-hydrogen) atoms. The highest BCUT2D eigenvalue weighted by atomic mass is 16.7. The summed E-state index contributed by atoms with van der Waals surface area (Å²) in [5.41, 5.74) is 2.12. The molecular weight excluding hydrogens is 438 g/mol. The van der Waals surface area contributed by atoms with Crippen molar-refractivity contribution in [2.24, 2.45) is 17.8 Å². The maximum absolute atomic E-state index is 12.7. The Hall–Kier alpha value is -2.57. The molecule has 6 nitrogen and oxygen atoms in total. The SMILES string of the molecule is O=C(NC[C@H]1C[C@@H]2CCN1CC2CN1CCC(Cc2ccccc2)CC1)c1ccc2c(c1)OCO2. The highest BCUT2D eigenvalue weighted by Gasteiger charge is 2.40. The summed E-state index contributed by atoms with van der Waals surface area (Å²) in [5.74, 6) is 3.73. The Kier molecular flexibility index (Phi) is 6.66. The lowest BCUT2D eigenvalue weighted by atomic mass is 9.75. The van der Waals surface area contributed by atoms with Gasteiger partial charge in [0.25, 0.3) is 5.91 Å². The molecule has 6 heteroatoms. The number of likely N-dealkylation sites (tertiary alicyclic amines) is 1. The molecule has 1 N–H and O–H groups in total. The molecule has 4 fully saturated rings. The Bertz CT molecular complexity index is 1020. The largest absolute Gasteiger partial charge is 0.454 e. The summed E-state index contributed by atoms with van der Waals surface area (Å²) >= 11 is 0. The average Bonchev–Trinajstić information content (AvgIpc) is 3.38. The van der Waals surface area contributed by atoms with Crippen LogP contribution in [0.1, 0.15) is 41.6 Å². The van der Waals surface area contributed by atoms with Crippen molar-refractivity contribution in [3.8, 4) is 11.5 Å². The molecule has 0 saturated carbocycles. The van der Waals surface area contributed by atoms with Crippen LogP contribution in [0.2, 0.25) is 0 Å². The highest BCUT2D eigenvalue weighted by molar-refractivity contribution is 5.94. The van der Waals surface area contributed by atoms with Crippen molar-refractivity contribution < 1.29 is 14.3 Å². The van der Waals surface area contributed by atoms with Crippen LogP contribution in [0, 0.1) is 17.8 Å². The first kappa shape index (κ1) is 22.9. The predicted octanol–water partition coefficient (Wildman–Crippen LogP) is 3.81. The summed E-state index contributed by atoms with van der Waals surface area (Å²) in [7, 11) is 0. The number of hydrogen-bond donors (Lipinski definition) is 1. The smallest absolute Gasteiger partial charge is 0.251 e. The number of nitrogens with one attached hydrogen (secondary N) is 1. The van der Waals surface area contributed by atoms with E-state index in [-0.39, 0.29) is 12.7 Å². The molecule has 0 spiro atoms. The molecule has 2 bridgehead atoms. The Morgan fingerprint density at radius 3 is 2.60 bits per heavy atom. The van der Waals surface area contributed by atoms with Gasteiger partial charge in [0.15, 0.2) is 11.5 Å². The summed E-state index contributed by atoms with van der Waals surface area (Å²) in [5, 5.41) is 3.18. The first-order valence-electron chi connectivity index (χ1n) is 13.4. The normalized spacial score (nSPS) is 28.2. The molecule has 186 valence electrons. The summed E-state index contributed by atoms with van der Waals surface area (Å²) in [6.45, 7) is 7.04. The number of piperidine rings is 4. The van der Waals surface area contributed by atoms with E-state index in [2.05, 4.69) is 45.4 Å². The molecule has 5 heterocycles. The minimum absolute atomic E-state index is 0.0270. The maximum Gasteiger partial charge on any atom is 0.251 e. The first-order valence-corrected chi connectivity index (χ1v) is 13.4. The zero-order valence-electron chi connectivity index (χ0n) is 20.5. The summed E-state index contributed by atoms with van der Waals surface area (Å²) < 4.78 is 10.8. The maximum atomic E-state index is 12.7. The minimum Gasteiger partial charge on any atom is -0.454 e. The summed E-state index contributed by atoms with van der Waals surface area (Å²) in [6.07, 6.45) is 6.39. The number of benzene rings is 2. The lowest BCUT2D eigenvalue weighted by molar-refractivity contribution is -0.0151. The average molecular weight is 476 g/mol. The van der Waals surface area contributed by atoms with Crippen LogP contribution in [0.5, 0.6) is 11.5 Å². The third-order valence-electron chi connectivity index (χ3n) is 8.71. The van der Waals surface area contributed by atoms with E-state index >= 15 is 0 Å². The Labute approximate surface area is 208 Å². The molecule has 2 aromatic rings. The van der Waals surface area contributed by atoms with E-state index in [1.165, 1.54) is 70.4 Å². The van der Waals surface area contributed by atoms with Crippen LogP contribution in [0.15, 0.2) is 48.5 Å². The second kappa shape index (κ2) is 10.2. The number of fused-ring (bicyclic) bond motifs is 4. The standard InChI is InChI=1S/C29H37N3O3/c33-29(24-6-7-27-28(16-24)35-20-34-27)30-17-26-15-23-10-13-32(26)19-25(23)18-31-11-8-22(9-12-31)14-21-4-2-1-3-5-21/h1-7,16,22-23,25-26H,8-15,17-20H2,(H,30,33)/t23-,25?,26+/m0/s1. The fourth-order valence-electron chi connectivity index (χ4n) is 6.67. The van der Waals surface area contributed by atoms with Gasteiger partial charge < -0.3 is 19.7 Å². The van der Waals surface area contributed by atoms with E-state index in [0.717, 1.165) is 24.3 Å². The van der Waals surface area contributed by atoms with Crippen molar-refractivity contribution in [1.29, 1.82) is 0 Å². The van der Waals surface area contributed by atoms with E-state index in [9.17, 15) is 4.79 Å². The predicted molar refractivity (Wildman–Crippen MR) is 136 cm³/mol. The molecule has 0 aromatic heterocycles. The van der Waals surface area contributed by atoms with Crippen LogP contribution in [-0.4, -0.2) is 67.8 Å². The van der Waals surface area contributed by atoms with Crippen LogP contribution in [-0.2, 0) is 6.42 Å². The minimum atomic E-state index is -0.0270. The van der Waals surface area contributed by atoms with Gasteiger partial charge >= 0.3 is 0 Å². The van der Waals surface area contributed by atoms with Crippen LogP contribution in [0.3, 0.4) is 0 Å². The van der Waals surface area contributed by atoms with Gasteiger partial charge in [0.1, 0.15) is 0 Å². The van der Waals surface area contributed by atoms with Crippen molar-refractivity contribution >= 4 is 5.91 Å². The van der Waals surface area contributed by atoms with Crippen LogP contribution >= 0.6 is 0 Å². The second-order valence-electron chi connectivity index (χ2n) is 10.9. The number of hydrogen-bond acceptors (Lipinski definition) is 5.